The standard InChI is InChI=1S/C11H21NO3/c1-8(10(14)15-3)9(2)12-6-11(7-13)4-5-11/h8-9,12-13H,4-7H2,1-3H3. The fourth-order valence-corrected chi connectivity index (χ4v) is 1.51. The van der Waals surface area contributed by atoms with Gasteiger partial charge in [-0.25, -0.2) is 0 Å². The minimum atomic E-state index is -0.191. The first-order valence-electron chi connectivity index (χ1n) is 5.47. The maximum Gasteiger partial charge on any atom is 0.309 e. The van der Waals surface area contributed by atoms with Gasteiger partial charge >= 0.3 is 5.97 Å². The molecule has 2 atom stereocenters. The van der Waals surface area contributed by atoms with Crippen molar-refractivity contribution in [3.05, 3.63) is 0 Å². The molecule has 4 nitrogen and oxygen atoms in total. The van der Waals surface area contributed by atoms with Gasteiger partial charge in [-0.3, -0.25) is 4.79 Å². The zero-order valence-electron chi connectivity index (χ0n) is 9.75. The van der Waals surface area contributed by atoms with Crippen LogP contribution in [0.4, 0.5) is 0 Å². The van der Waals surface area contributed by atoms with E-state index in [2.05, 4.69) is 10.1 Å². The summed E-state index contributed by atoms with van der Waals surface area (Å²) < 4.78 is 4.68. The van der Waals surface area contributed by atoms with Gasteiger partial charge < -0.3 is 15.2 Å². The molecule has 1 saturated carbocycles. The van der Waals surface area contributed by atoms with E-state index in [0.717, 1.165) is 19.4 Å². The number of carbonyl (C=O) groups is 1. The fraction of sp³-hybridized carbons (Fsp3) is 0.909. The van der Waals surface area contributed by atoms with Gasteiger partial charge in [-0.05, 0) is 19.8 Å². The van der Waals surface area contributed by atoms with Crippen LogP contribution in [0.2, 0.25) is 0 Å². The third-order valence-corrected chi connectivity index (χ3v) is 3.41. The van der Waals surface area contributed by atoms with Gasteiger partial charge in [0.25, 0.3) is 0 Å². The predicted molar refractivity (Wildman–Crippen MR) is 57.4 cm³/mol. The second-order valence-electron chi connectivity index (χ2n) is 4.64. The molecule has 0 aromatic heterocycles. The van der Waals surface area contributed by atoms with Crippen molar-refractivity contribution >= 4 is 5.97 Å². The van der Waals surface area contributed by atoms with Crippen LogP contribution in [0.5, 0.6) is 0 Å². The van der Waals surface area contributed by atoms with E-state index in [1.54, 1.807) is 0 Å². The summed E-state index contributed by atoms with van der Waals surface area (Å²) in [7, 11) is 1.40. The van der Waals surface area contributed by atoms with Crippen molar-refractivity contribution in [2.45, 2.75) is 32.7 Å². The van der Waals surface area contributed by atoms with E-state index in [-0.39, 0.29) is 30.0 Å². The smallest absolute Gasteiger partial charge is 0.309 e. The van der Waals surface area contributed by atoms with Gasteiger partial charge in [-0.15, -0.1) is 0 Å². The van der Waals surface area contributed by atoms with Gasteiger partial charge in [-0.1, -0.05) is 6.92 Å². The minimum absolute atomic E-state index is 0.0847. The van der Waals surface area contributed by atoms with Gasteiger partial charge in [0.15, 0.2) is 0 Å². The van der Waals surface area contributed by atoms with Gasteiger partial charge in [0.05, 0.1) is 13.0 Å². The molecule has 0 aromatic rings. The van der Waals surface area contributed by atoms with Crippen molar-refractivity contribution in [3.63, 3.8) is 0 Å². The lowest BCUT2D eigenvalue weighted by molar-refractivity contribution is -0.145. The van der Waals surface area contributed by atoms with E-state index in [1.807, 2.05) is 13.8 Å². The first-order chi connectivity index (χ1) is 7.04. The Hall–Kier alpha value is -0.610. The summed E-state index contributed by atoms with van der Waals surface area (Å²) in [4.78, 5) is 11.3. The Morgan fingerprint density at radius 1 is 1.53 bits per heavy atom. The molecule has 1 rings (SSSR count). The fourth-order valence-electron chi connectivity index (χ4n) is 1.51. The maximum atomic E-state index is 11.3. The Morgan fingerprint density at radius 2 is 2.13 bits per heavy atom. The van der Waals surface area contributed by atoms with Crippen molar-refractivity contribution in [2.24, 2.45) is 11.3 Å². The lowest BCUT2D eigenvalue weighted by atomic mass is 10.0. The highest BCUT2D eigenvalue weighted by Crippen LogP contribution is 2.44. The zero-order chi connectivity index (χ0) is 11.5. The van der Waals surface area contributed by atoms with Crippen molar-refractivity contribution in [2.75, 3.05) is 20.3 Å². The van der Waals surface area contributed by atoms with E-state index < -0.39 is 0 Å². The second kappa shape index (κ2) is 4.94. The molecule has 0 spiro atoms. The summed E-state index contributed by atoms with van der Waals surface area (Å²) in [5.41, 5.74) is 0.0874. The molecule has 15 heavy (non-hydrogen) atoms. The van der Waals surface area contributed by atoms with Crippen LogP contribution < -0.4 is 5.32 Å². The molecule has 0 saturated heterocycles. The van der Waals surface area contributed by atoms with Crippen LogP contribution in [0, 0.1) is 11.3 Å². The number of esters is 1. The Balaban J connectivity index is 2.29. The molecule has 0 amide bonds. The summed E-state index contributed by atoms with van der Waals surface area (Å²) in [6.45, 7) is 4.84. The first kappa shape index (κ1) is 12.5. The summed E-state index contributed by atoms with van der Waals surface area (Å²) >= 11 is 0. The largest absolute Gasteiger partial charge is 0.469 e. The molecule has 0 heterocycles. The van der Waals surface area contributed by atoms with Crippen LogP contribution in [-0.4, -0.2) is 37.4 Å². The molecule has 2 unspecified atom stereocenters. The monoisotopic (exact) mass is 215 g/mol. The average Bonchev–Trinajstić information content (AvgIpc) is 3.04. The maximum absolute atomic E-state index is 11.3. The van der Waals surface area contributed by atoms with Gasteiger partial charge in [0.1, 0.15) is 0 Å². The molecule has 2 N–H and O–H groups in total. The molecule has 1 aliphatic rings. The molecule has 0 aliphatic heterocycles. The molecule has 0 aromatic carbocycles. The molecule has 1 fully saturated rings. The van der Waals surface area contributed by atoms with Crippen LogP contribution in [0.25, 0.3) is 0 Å². The summed E-state index contributed by atoms with van der Waals surface area (Å²) in [6, 6.07) is 0.0847. The topological polar surface area (TPSA) is 58.6 Å². The molecule has 0 bridgehead atoms. The van der Waals surface area contributed by atoms with Crippen LogP contribution in [-0.2, 0) is 9.53 Å². The highest BCUT2D eigenvalue weighted by molar-refractivity contribution is 5.72. The third-order valence-electron chi connectivity index (χ3n) is 3.41. The van der Waals surface area contributed by atoms with Crippen molar-refractivity contribution in [1.82, 2.24) is 5.32 Å². The minimum Gasteiger partial charge on any atom is -0.469 e. The summed E-state index contributed by atoms with van der Waals surface area (Å²) in [5, 5.41) is 12.4. The third kappa shape index (κ3) is 3.18. The van der Waals surface area contributed by atoms with Gasteiger partial charge in [0.2, 0.25) is 0 Å². The number of aliphatic hydroxyl groups excluding tert-OH is 1. The van der Waals surface area contributed by atoms with Crippen molar-refractivity contribution < 1.29 is 14.6 Å². The summed E-state index contributed by atoms with van der Waals surface area (Å²) in [6.07, 6.45) is 2.16. The van der Waals surface area contributed by atoms with Crippen LogP contribution in [0.1, 0.15) is 26.7 Å². The van der Waals surface area contributed by atoms with Crippen molar-refractivity contribution in [1.29, 1.82) is 0 Å². The number of rotatable bonds is 6. The van der Waals surface area contributed by atoms with E-state index in [0.29, 0.717) is 0 Å². The SMILES string of the molecule is COC(=O)C(C)C(C)NCC1(CO)CC1. The van der Waals surface area contributed by atoms with E-state index >= 15 is 0 Å². The van der Waals surface area contributed by atoms with Gasteiger partial charge in [-0.2, -0.15) is 0 Å². The van der Waals surface area contributed by atoms with Crippen LogP contribution >= 0.6 is 0 Å². The van der Waals surface area contributed by atoms with Crippen LogP contribution in [0.15, 0.2) is 0 Å². The molecule has 4 heteroatoms. The van der Waals surface area contributed by atoms with E-state index in [4.69, 9.17) is 5.11 Å². The molecular weight excluding hydrogens is 194 g/mol. The van der Waals surface area contributed by atoms with Crippen molar-refractivity contribution in [3.8, 4) is 0 Å². The number of hydrogen-bond donors (Lipinski definition) is 2. The highest BCUT2D eigenvalue weighted by atomic mass is 16.5. The quantitative estimate of drug-likeness (QED) is 0.635. The number of carbonyl (C=O) groups excluding carboxylic acids is 1. The number of hydrogen-bond acceptors (Lipinski definition) is 4. The Kier molecular flexibility index (Phi) is 4.11. The molecule has 1 aliphatic carbocycles. The lowest BCUT2D eigenvalue weighted by Crippen LogP contribution is -2.40. The number of aliphatic hydroxyl groups is 1. The Bertz CT molecular complexity index is 226. The summed E-state index contributed by atoms with van der Waals surface area (Å²) in [5.74, 6) is -0.340. The Labute approximate surface area is 91.0 Å². The highest BCUT2D eigenvalue weighted by Gasteiger charge is 2.42. The van der Waals surface area contributed by atoms with Gasteiger partial charge in [0, 0.05) is 24.6 Å². The molecule has 88 valence electrons. The first-order valence-corrected chi connectivity index (χ1v) is 5.47. The number of ether oxygens (including phenoxy) is 1. The lowest BCUT2D eigenvalue weighted by Gasteiger charge is -2.22. The van der Waals surface area contributed by atoms with Crippen LogP contribution in [0.3, 0.4) is 0 Å². The predicted octanol–water partition coefficient (Wildman–Crippen LogP) is 0.546. The zero-order valence-corrected chi connectivity index (χ0v) is 9.75. The normalized spacial score (nSPS) is 21.9. The van der Waals surface area contributed by atoms with E-state index in [1.165, 1.54) is 7.11 Å². The average molecular weight is 215 g/mol. The Morgan fingerprint density at radius 3 is 2.53 bits per heavy atom. The molecule has 0 radical (unpaired) electrons. The number of nitrogens with one attached hydrogen (secondary N) is 1. The second-order valence-corrected chi connectivity index (χ2v) is 4.64. The molecular formula is C11H21NO3. The van der Waals surface area contributed by atoms with E-state index in [9.17, 15) is 4.79 Å². The number of methoxy groups -OCH3 is 1.